The van der Waals surface area contributed by atoms with Gasteiger partial charge in [0.05, 0.1) is 11.8 Å². The van der Waals surface area contributed by atoms with Crippen molar-refractivity contribution < 1.29 is 9.90 Å². The smallest absolute Gasteiger partial charge is 0.255 e. The first-order chi connectivity index (χ1) is 8.70. The SMILES string of the molecule is CCCC1CCN(C(=O)c2cncc(O)c2)CC1. The van der Waals surface area contributed by atoms with Crippen LogP contribution in [-0.4, -0.2) is 34.0 Å². The molecule has 1 aliphatic heterocycles. The lowest BCUT2D eigenvalue weighted by molar-refractivity contribution is 0.0685. The zero-order valence-electron chi connectivity index (χ0n) is 10.8. The van der Waals surface area contributed by atoms with Crippen molar-refractivity contribution in [2.45, 2.75) is 32.6 Å². The molecule has 2 rings (SSSR count). The molecule has 98 valence electrons. The Hall–Kier alpha value is -1.58. The molecule has 0 saturated carbocycles. The van der Waals surface area contributed by atoms with E-state index < -0.39 is 0 Å². The number of piperidine rings is 1. The van der Waals surface area contributed by atoms with Crippen molar-refractivity contribution in [3.8, 4) is 5.75 Å². The van der Waals surface area contributed by atoms with Crippen molar-refractivity contribution in [1.82, 2.24) is 9.88 Å². The monoisotopic (exact) mass is 248 g/mol. The lowest BCUT2D eigenvalue weighted by Crippen LogP contribution is -2.38. The molecule has 0 bridgehead atoms. The Bertz CT molecular complexity index is 412. The van der Waals surface area contributed by atoms with Crippen LogP contribution in [0.25, 0.3) is 0 Å². The maximum atomic E-state index is 12.2. The van der Waals surface area contributed by atoms with Crippen LogP contribution < -0.4 is 0 Å². The van der Waals surface area contributed by atoms with Gasteiger partial charge in [0.15, 0.2) is 0 Å². The number of hydrogen-bond acceptors (Lipinski definition) is 3. The summed E-state index contributed by atoms with van der Waals surface area (Å²) >= 11 is 0. The molecule has 1 N–H and O–H groups in total. The van der Waals surface area contributed by atoms with Crippen LogP contribution in [0.5, 0.6) is 5.75 Å². The summed E-state index contributed by atoms with van der Waals surface area (Å²) in [5.41, 5.74) is 0.476. The van der Waals surface area contributed by atoms with Crippen molar-refractivity contribution in [3.05, 3.63) is 24.0 Å². The van der Waals surface area contributed by atoms with Gasteiger partial charge in [-0.1, -0.05) is 19.8 Å². The van der Waals surface area contributed by atoms with Crippen molar-refractivity contribution in [1.29, 1.82) is 0 Å². The van der Waals surface area contributed by atoms with E-state index in [2.05, 4.69) is 11.9 Å². The van der Waals surface area contributed by atoms with Crippen LogP contribution in [0.2, 0.25) is 0 Å². The molecule has 18 heavy (non-hydrogen) atoms. The number of aromatic nitrogens is 1. The number of carbonyl (C=O) groups is 1. The molecule has 1 aromatic rings. The van der Waals surface area contributed by atoms with E-state index in [1.165, 1.54) is 31.3 Å². The van der Waals surface area contributed by atoms with E-state index in [1.807, 2.05) is 4.90 Å². The van der Waals surface area contributed by atoms with E-state index in [4.69, 9.17) is 0 Å². The van der Waals surface area contributed by atoms with E-state index in [9.17, 15) is 9.90 Å². The highest BCUT2D eigenvalue weighted by molar-refractivity contribution is 5.94. The Balaban J connectivity index is 1.95. The van der Waals surface area contributed by atoms with Gasteiger partial charge in [-0.25, -0.2) is 0 Å². The Kier molecular flexibility index (Phi) is 4.18. The summed E-state index contributed by atoms with van der Waals surface area (Å²) in [7, 11) is 0. The number of aromatic hydroxyl groups is 1. The van der Waals surface area contributed by atoms with Gasteiger partial charge in [0.1, 0.15) is 5.75 Å². The summed E-state index contributed by atoms with van der Waals surface area (Å²) < 4.78 is 0. The molecule has 0 aromatic carbocycles. The molecule has 1 aromatic heterocycles. The van der Waals surface area contributed by atoms with Crippen molar-refractivity contribution >= 4 is 5.91 Å². The summed E-state index contributed by atoms with van der Waals surface area (Å²) in [4.78, 5) is 17.9. The maximum Gasteiger partial charge on any atom is 0.255 e. The van der Waals surface area contributed by atoms with Crippen LogP contribution in [0.15, 0.2) is 18.5 Å². The molecule has 2 heterocycles. The molecule has 0 unspecified atom stereocenters. The van der Waals surface area contributed by atoms with Crippen molar-refractivity contribution in [2.24, 2.45) is 5.92 Å². The largest absolute Gasteiger partial charge is 0.506 e. The molecule has 0 atom stereocenters. The van der Waals surface area contributed by atoms with Gasteiger partial charge in [-0.3, -0.25) is 9.78 Å². The van der Waals surface area contributed by atoms with Crippen molar-refractivity contribution in [2.75, 3.05) is 13.1 Å². The normalized spacial score (nSPS) is 16.8. The minimum Gasteiger partial charge on any atom is -0.506 e. The third kappa shape index (κ3) is 3.00. The first-order valence-electron chi connectivity index (χ1n) is 6.64. The number of amides is 1. The molecule has 1 fully saturated rings. The standard InChI is InChI=1S/C14H20N2O2/c1-2-3-11-4-6-16(7-5-11)14(18)12-8-13(17)10-15-9-12/h8-11,17H,2-7H2,1H3. The van der Waals surface area contributed by atoms with Gasteiger partial charge in [0.25, 0.3) is 5.91 Å². The maximum absolute atomic E-state index is 12.2. The highest BCUT2D eigenvalue weighted by atomic mass is 16.3. The van der Waals surface area contributed by atoms with E-state index in [0.717, 1.165) is 31.8 Å². The second kappa shape index (κ2) is 5.85. The fourth-order valence-corrected chi connectivity index (χ4v) is 2.56. The highest BCUT2D eigenvalue weighted by Gasteiger charge is 2.23. The number of carbonyl (C=O) groups excluding carboxylic acids is 1. The summed E-state index contributed by atoms with van der Waals surface area (Å²) in [6.45, 7) is 3.84. The molecule has 4 heteroatoms. The summed E-state index contributed by atoms with van der Waals surface area (Å²) in [5.74, 6) is 0.788. The predicted molar refractivity (Wildman–Crippen MR) is 69.4 cm³/mol. The minimum absolute atomic E-state index is 0.0200. The molecule has 1 aliphatic rings. The Labute approximate surface area is 108 Å². The van der Waals surface area contributed by atoms with Gasteiger partial charge in [-0.15, -0.1) is 0 Å². The number of pyridine rings is 1. The van der Waals surface area contributed by atoms with Crippen LogP contribution in [-0.2, 0) is 0 Å². The quantitative estimate of drug-likeness (QED) is 0.893. The fraction of sp³-hybridized carbons (Fsp3) is 0.571. The zero-order valence-corrected chi connectivity index (χ0v) is 10.8. The lowest BCUT2D eigenvalue weighted by Gasteiger charge is -2.31. The zero-order chi connectivity index (χ0) is 13.0. The summed E-state index contributed by atoms with van der Waals surface area (Å²) in [5, 5.41) is 9.34. The summed E-state index contributed by atoms with van der Waals surface area (Å²) in [6.07, 6.45) is 7.51. The number of likely N-dealkylation sites (tertiary alicyclic amines) is 1. The van der Waals surface area contributed by atoms with E-state index >= 15 is 0 Å². The molecular formula is C14H20N2O2. The molecule has 0 spiro atoms. The lowest BCUT2D eigenvalue weighted by atomic mass is 9.92. The van der Waals surface area contributed by atoms with Crippen LogP contribution >= 0.6 is 0 Å². The number of hydrogen-bond donors (Lipinski definition) is 1. The molecule has 1 amide bonds. The van der Waals surface area contributed by atoms with Crippen LogP contribution in [0.1, 0.15) is 43.0 Å². The van der Waals surface area contributed by atoms with Crippen molar-refractivity contribution in [3.63, 3.8) is 0 Å². The number of rotatable bonds is 3. The Morgan fingerprint density at radius 1 is 1.44 bits per heavy atom. The molecular weight excluding hydrogens is 228 g/mol. The van der Waals surface area contributed by atoms with Gasteiger partial charge in [-0.05, 0) is 24.8 Å². The summed E-state index contributed by atoms with van der Waals surface area (Å²) in [6, 6.07) is 1.48. The van der Waals surface area contributed by atoms with E-state index in [1.54, 1.807) is 0 Å². The fourth-order valence-electron chi connectivity index (χ4n) is 2.56. The minimum atomic E-state index is -0.0200. The average Bonchev–Trinajstić information content (AvgIpc) is 2.39. The average molecular weight is 248 g/mol. The Morgan fingerprint density at radius 3 is 2.78 bits per heavy atom. The molecule has 4 nitrogen and oxygen atoms in total. The van der Waals surface area contributed by atoms with Crippen LogP contribution in [0, 0.1) is 5.92 Å². The Morgan fingerprint density at radius 2 is 2.17 bits per heavy atom. The van der Waals surface area contributed by atoms with Gasteiger partial charge in [-0.2, -0.15) is 0 Å². The number of nitrogens with zero attached hydrogens (tertiary/aromatic N) is 2. The second-order valence-corrected chi connectivity index (χ2v) is 4.96. The highest BCUT2D eigenvalue weighted by Crippen LogP contribution is 2.23. The second-order valence-electron chi connectivity index (χ2n) is 4.96. The molecule has 0 aliphatic carbocycles. The van der Waals surface area contributed by atoms with Crippen LogP contribution in [0.4, 0.5) is 0 Å². The van der Waals surface area contributed by atoms with Crippen LogP contribution in [0.3, 0.4) is 0 Å². The first-order valence-corrected chi connectivity index (χ1v) is 6.64. The van der Waals surface area contributed by atoms with E-state index in [-0.39, 0.29) is 11.7 Å². The van der Waals surface area contributed by atoms with Gasteiger partial charge in [0.2, 0.25) is 0 Å². The van der Waals surface area contributed by atoms with Gasteiger partial charge < -0.3 is 10.0 Å². The van der Waals surface area contributed by atoms with Gasteiger partial charge >= 0.3 is 0 Å². The third-order valence-electron chi connectivity index (χ3n) is 3.57. The predicted octanol–water partition coefficient (Wildman–Crippen LogP) is 2.44. The first kappa shape index (κ1) is 12.9. The molecule has 1 saturated heterocycles. The molecule has 0 radical (unpaired) electrons. The third-order valence-corrected chi connectivity index (χ3v) is 3.57. The van der Waals surface area contributed by atoms with Gasteiger partial charge in [0, 0.05) is 19.3 Å². The van der Waals surface area contributed by atoms with E-state index in [0.29, 0.717) is 5.56 Å². The topological polar surface area (TPSA) is 53.4 Å².